The molecule has 0 aromatic carbocycles. The van der Waals surface area contributed by atoms with Gasteiger partial charge in [-0.15, -0.1) is 0 Å². The molecule has 27 heavy (non-hydrogen) atoms. The van der Waals surface area contributed by atoms with Crippen molar-refractivity contribution in [1.29, 1.82) is 0 Å². The van der Waals surface area contributed by atoms with Gasteiger partial charge in [0, 0.05) is 25.3 Å². The van der Waals surface area contributed by atoms with E-state index in [-0.39, 0.29) is 17.9 Å². The summed E-state index contributed by atoms with van der Waals surface area (Å²) in [4.78, 5) is 32.1. The third-order valence-corrected chi connectivity index (χ3v) is 5.44. The van der Waals surface area contributed by atoms with E-state index in [0.717, 1.165) is 25.7 Å². The number of hydrogen-bond donors (Lipinski definition) is 1. The van der Waals surface area contributed by atoms with Crippen molar-refractivity contribution in [3.8, 4) is 0 Å². The number of pyridine rings is 1. The highest BCUT2D eigenvalue weighted by Gasteiger charge is 2.27. The molecule has 1 saturated carbocycles. The Morgan fingerprint density at radius 2 is 1.81 bits per heavy atom. The maximum atomic E-state index is 12.9. The van der Waals surface area contributed by atoms with E-state index in [0.29, 0.717) is 43.3 Å². The lowest BCUT2D eigenvalue weighted by Crippen LogP contribution is -2.41. The van der Waals surface area contributed by atoms with Crippen molar-refractivity contribution in [2.24, 2.45) is 0 Å². The Balaban J connectivity index is 1.61. The molecule has 4 rings (SSSR count). The number of amides is 2. The van der Waals surface area contributed by atoms with Crippen LogP contribution in [0.4, 0.5) is 0 Å². The summed E-state index contributed by atoms with van der Waals surface area (Å²) in [6.45, 7) is 2.16. The third kappa shape index (κ3) is 3.83. The molecule has 2 fully saturated rings. The van der Waals surface area contributed by atoms with E-state index in [4.69, 9.17) is 4.74 Å². The van der Waals surface area contributed by atoms with E-state index in [1.54, 1.807) is 15.5 Å². The molecule has 2 amide bonds. The molecule has 0 unspecified atom stereocenters. The fraction of sp³-hybridized carbons (Fsp3) is 0.550. The highest BCUT2D eigenvalue weighted by Crippen LogP contribution is 2.19. The molecule has 0 bridgehead atoms. The van der Waals surface area contributed by atoms with Crippen LogP contribution < -0.4 is 5.32 Å². The van der Waals surface area contributed by atoms with Crippen LogP contribution in [0, 0.1) is 0 Å². The van der Waals surface area contributed by atoms with Crippen LogP contribution >= 0.6 is 0 Å². The van der Waals surface area contributed by atoms with Crippen LogP contribution in [0.5, 0.6) is 0 Å². The number of carbonyl (C=O) groups excluding carboxylic acids is 2. The van der Waals surface area contributed by atoms with Gasteiger partial charge in [0.1, 0.15) is 0 Å². The van der Waals surface area contributed by atoms with Crippen LogP contribution in [0.3, 0.4) is 0 Å². The van der Waals surface area contributed by atoms with Crippen molar-refractivity contribution in [3.05, 3.63) is 35.9 Å². The smallest absolute Gasteiger partial charge is 0.290 e. The van der Waals surface area contributed by atoms with Crippen LogP contribution in [0.15, 0.2) is 24.4 Å². The van der Waals surface area contributed by atoms with Gasteiger partial charge in [0.05, 0.1) is 18.7 Å². The van der Waals surface area contributed by atoms with Crippen molar-refractivity contribution in [2.45, 2.75) is 44.6 Å². The maximum Gasteiger partial charge on any atom is 0.290 e. The molecule has 1 N–H and O–H groups in total. The Hall–Kier alpha value is -2.41. The second-order valence-corrected chi connectivity index (χ2v) is 7.31. The molecule has 3 heterocycles. The Kier molecular flexibility index (Phi) is 5.38. The number of aromatic nitrogens is 2. The number of nitrogens with zero attached hydrogens (tertiary/aromatic N) is 3. The molecule has 7 nitrogen and oxygen atoms in total. The first-order chi connectivity index (χ1) is 13.2. The number of carbonyl (C=O) groups is 2. The first kappa shape index (κ1) is 18.0. The first-order valence-electron chi connectivity index (χ1n) is 9.89. The van der Waals surface area contributed by atoms with Crippen LogP contribution in [0.25, 0.3) is 5.52 Å². The lowest BCUT2D eigenvalue weighted by molar-refractivity contribution is 0.0294. The summed E-state index contributed by atoms with van der Waals surface area (Å²) in [5, 5.41) is 3.14. The number of hydrogen-bond acceptors (Lipinski definition) is 4. The van der Waals surface area contributed by atoms with Crippen molar-refractivity contribution in [1.82, 2.24) is 19.6 Å². The SMILES string of the molecule is O=C(NC1CCCCCC1)c1nc(C(=O)N2CCOCC2)n2ccccc12. The second-order valence-electron chi connectivity index (χ2n) is 7.31. The fourth-order valence-electron chi connectivity index (χ4n) is 3.94. The van der Waals surface area contributed by atoms with Gasteiger partial charge < -0.3 is 15.0 Å². The standard InChI is InChI=1S/C20H26N4O3/c25-19(21-15-7-3-1-2-4-8-15)17-16-9-5-6-10-24(16)18(22-17)20(26)23-11-13-27-14-12-23/h5-6,9-10,15H,1-4,7-8,11-14H2,(H,21,25). The van der Waals surface area contributed by atoms with Crippen molar-refractivity contribution < 1.29 is 14.3 Å². The summed E-state index contributed by atoms with van der Waals surface area (Å²) in [5.41, 5.74) is 0.997. The van der Waals surface area contributed by atoms with Gasteiger partial charge in [0.25, 0.3) is 11.8 Å². The average molecular weight is 370 g/mol. The predicted molar refractivity (Wildman–Crippen MR) is 101 cm³/mol. The molecule has 1 saturated heterocycles. The van der Waals surface area contributed by atoms with Gasteiger partial charge in [0.15, 0.2) is 5.69 Å². The summed E-state index contributed by atoms with van der Waals surface area (Å²) < 4.78 is 7.05. The summed E-state index contributed by atoms with van der Waals surface area (Å²) in [6.07, 6.45) is 8.58. The van der Waals surface area contributed by atoms with Crippen LogP contribution in [-0.4, -0.2) is 58.4 Å². The number of ether oxygens (including phenoxy) is 1. The highest BCUT2D eigenvalue weighted by molar-refractivity contribution is 6.02. The van der Waals surface area contributed by atoms with Gasteiger partial charge >= 0.3 is 0 Å². The molecule has 2 aromatic rings. The van der Waals surface area contributed by atoms with Crippen LogP contribution in [-0.2, 0) is 4.74 Å². The van der Waals surface area contributed by atoms with Gasteiger partial charge in [-0.25, -0.2) is 4.98 Å². The minimum atomic E-state index is -0.188. The zero-order valence-corrected chi connectivity index (χ0v) is 15.5. The summed E-state index contributed by atoms with van der Waals surface area (Å²) >= 11 is 0. The van der Waals surface area contributed by atoms with Gasteiger partial charge in [0.2, 0.25) is 5.82 Å². The molecule has 0 spiro atoms. The van der Waals surface area contributed by atoms with Gasteiger partial charge in [-0.3, -0.25) is 14.0 Å². The normalized spacial score (nSPS) is 19.0. The monoisotopic (exact) mass is 370 g/mol. The highest BCUT2D eigenvalue weighted by atomic mass is 16.5. The quantitative estimate of drug-likeness (QED) is 0.841. The minimum absolute atomic E-state index is 0.159. The Bertz CT molecular complexity index is 818. The Morgan fingerprint density at radius 1 is 1.07 bits per heavy atom. The Morgan fingerprint density at radius 3 is 2.56 bits per heavy atom. The van der Waals surface area contributed by atoms with Crippen molar-refractivity contribution in [2.75, 3.05) is 26.3 Å². The van der Waals surface area contributed by atoms with Crippen molar-refractivity contribution >= 4 is 17.3 Å². The molecule has 7 heteroatoms. The van der Waals surface area contributed by atoms with E-state index >= 15 is 0 Å². The fourth-order valence-corrected chi connectivity index (χ4v) is 3.94. The zero-order valence-electron chi connectivity index (χ0n) is 15.5. The van der Waals surface area contributed by atoms with Gasteiger partial charge in [-0.2, -0.15) is 0 Å². The summed E-state index contributed by atoms with van der Waals surface area (Å²) in [7, 11) is 0. The lowest BCUT2D eigenvalue weighted by Gasteiger charge is -2.26. The minimum Gasteiger partial charge on any atom is -0.378 e. The first-order valence-corrected chi connectivity index (χ1v) is 9.89. The zero-order chi connectivity index (χ0) is 18.6. The molecule has 2 aromatic heterocycles. The van der Waals surface area contributed by atoms with Crippen LogP contribution in [0.2, 0.25) is 0 Å². The van der Waals surface area contributed by atoms with Gasteiger partial charge in [-0.1, -0.05) is 31.7 Å². The second kappa shape index (κ2) is 8.08. The molecular weight excluding hydrogens is 344 g/mol. The molecule has 2 aliphatic rings. The topological polar surface area (TPSA) is 75.9 Å². The van der Waals surface area contributed by atoms with E-state index in [1.807, 2.05) is 18.2 Å². The molecule has 1 aliphatic heterocycles. The average Bonchev–Trinajstić information content (AvgIpc) is 2.91. The Labute approximate surface area is 158 Å². The number of rotatable bonds is 3. The summed E-state index contributed by atoms with van der Waals surface area (Å²) in [5.74, 6) is -0.0573. The predicted octanol–water partition coefficient (Wildman–Crippen LogP) is 2.26. The van der Waals surface area contributed by atoms with Crippen LogP contribution in [0.1, 0.15) is 59.6 Å². The molecule has 144 valence electrons. The number of nitrogens with one attached hydrogen (secondary N) is 1. The van der Waals surface area contributed by atoms with Gasteiger partial charge in [-0.05, 0) is 25.0 Å². The molecule has 0 radical (unpaired) electrons. The largest absolute Gasteiger partial charge is 0.378 e. The lowest BCUT2D eigenvalue weighted by atomic mass is 10.1. The number of fused-ring (bicyclic) bond motifs is 1. The molecule has 1 aliphatic carbocycles. The number of imidazole rings is 1. The summed E-state index contributed by atoms with van der Waals surface area (Å²) in [6, 6.07) is 5.74. The van der Waals surface area contributed by atoms with E-state index < -0.39 is 0 Å². The van der Waals surface area contributed by atoms with E-state index in [2.05, 4.69) is 10.3 Å². The molecular formula is C20H26N4O3. The number of morpholine rings is 1. The van der Waals surface area contributed by atoms with E-state index in [1.165, 1.54) is 12.8 Å². The molecule has 0 atom stereocenters. The van der Waals surface area contributed by atoms with Crippen molar-refractivity contribution in [3.63, 3.8) is 0 Å². The third-order valence-electron chi connectivity index (χ3n) is 5.44. The maximum absolute atomic E-state index is 12.9. The van der Waals surface area contributed by atoms with E-state index in [9.17, 15) is 9.59 Å².